The number of ketones is 1. The third-order valence-corrected chi connectivity index (χ3v) is 6.75. The van der Waals surface area contributed by atoms with E-state index in [0.717, 1.165) is 16.7 Å². The Balaban J connectivity index is 0.00000324. The highest BCUT2D eigenvalue weighted by Crippen LogP contribution is 2.32. The lowest BCUT2D eigenvalue weighted by molar-refractivity contribution is -0.133. The number of likely N-dealkylation sites (tertiary alicyclic amines) is 1. The van der Waals surface area contributed by atoms with Crippen molar-refractivity contribution in [3.63, 3.8) is 0 Å². The highest BCUT2D eigenvalue weighted by molar-refractivity contribution is 5.94. The molecule has 1 fully saturated rings. The van der Waals surface area contributed by atoms with Gasteiger partial charge in [-0.15, -0.1) is 12.4 Å². The number of cyclic esters (lactones) is 1. The van der Waals surface area contributed by atoms with Gasteiger partial charge in [-0.25, -0.2) is 9.18 Å². The van der Waals surface area contributed by atoms with E-state index >= 15 is 4.39 Å². The summed E-state index contributed by atoms with van der Waals surface area (Å²) in [6.45, 7) is 4.78. The van der Waals surface area contributed by atoms with Crippen LogP contribution in [0, 0.1) is 25.2 Å². The van der Waals surface area contributed by atoms with E-state index in [-0.39, 0.29) is 44.2 Å². The Kier molecular flexibility index (Phi) is 7.71. The molecule has 0 radical (unpaired) electrons. The van der Waals surface area contributed by atoms with Gasteiger partial charge < -0.3 is 14.7 Å². The minimum atomic E-state index is -1.92. The third-order valence-electron chi connectivity index (χ3n) is 6.75. The van der Waals surface area contributed by atoms with E-state index in [2.05, 4.69) is 4.98 Å². The molecule has 1 N–H and O–H groups in total. The zero-order chi connectivity index (χ0) is 23.8. The van der Waals surface area contributed by atoms with Gasteiger partial charge in [-0.1, -0.05) is 6.07 Å². The first-order valence-electron chi connectivity index (χ1n) is 11.0. The van der Waals surface area contributed by atoms with Crippen LogP contribution < -0.4 is 0 Å². The van der Waals surface area contributed by atoms with Gasteiger partial charge in [0, 0.05) is 43.7 Å². The molecule has 2 aliphatic rings. The Morgan fingerprint density at radius 2 is 2.00 bits per heavy atom. The maximum atomic E-state index is 15.4. The number of aryl methyl sites for hydroxylation is 1. The summed E-state index contributed by atoms with van der Waals surface area (Å²) in [5.41, 5.74) is 2.39. The molecule has 1 saturated heterocycles. The van der Waals surface area contributed by atoms with Gasteiger partial charge in [0.2, 0.25) is 0 Å². The van der Waals surface area contributed by atoms with Gasteiger partial charge in [0.25, 0.3) is 0 Å². The van der Waals surface area contributed by atoms with E-state index < -0.39 is 17.6 Å². The first kappa shape index (κ1) is 25.8. The molecule has 2 aliphatic heterocycles. The molecule has 180 valence electrons. The van der Waals surface area contributed by atoms with Crippen LogP contribution in [0.5, 0.6) is 0 Å². The van der Waals surface area contributed by atoms with Gasteiger partial charge in [0.05, 0.1) is 29.3 Å². The van der Waals surface area contributed by atoms with Crippen molar-refractivity contribution in [2.45, 2.75) is 51.5 Å². The van der Waals surface area contributed by atoms with Crippen molar-refractivity contribution in [3.05, 3.63) is 63.5 Å². The number of hydrogen-bond donors (Lipinski definition) is 1. The minimum Gasteiger partial charge on any atom is -0.457 e. The number of nitriles is 1. The fourth-order valence-corrected chi connectivity index (χ4v) is 4.59. The summed E-state index contributed by atoms with van der Waals surface area (Å²) in [4.78, 5) is 30.6. The largest absolute Gasteiger partial charge is 0.457 e. The number of Topliss-reactive ketones (excluding diaryl/α,β-unsaturated/α-hetero) is 1. The second kappa shape index (κ2) is 10.2. The van der Waals surface area contributed by atoms with Gasteiger partial charge in [-0.3, -0.25) is 9.78 Å². The summed E-state index contributed by atoms with van der Waals surface area (Å²) in [7, 11) is 0. The number of rotatable bonds is 6. The number of ether oxygens (including phenoxy) is 1. The topological polar surface area (TPSA) is 104 Å². The lowest BCUT2D eigenvalue weighted by atomic mass is 9.86. The summed E-state index contributed by atoms with van der Waals surface area (Å²) in [6.07, 6.45) is -0.793. The first-order chi connectivity index (χ1) is 15.7. The van der Waals surface area contributed by atoms with Crippen LogP contribution in [-0.2, 0) is 22.6 Å². The summed E-state index contributed by atoms with van der Waals surface area (Å²) < 4.78 is 20.5. The van der Waals surface area contributed by atoms with Crippen LogP contribution in [-0.4, -0.2) is 52.0 Å². The van der Waals surface area contributed by atoms with Gasteiger partial charge in [-0.05, 0) is 43.2 Å². The lowest BCUT2D eigenvalue weighted by Crippen LogP contribution is -2.48. The highest BCUT2D eigenvalue weighted by atomic mass is 35.5. The Labute approximate surface area is 204 Å². The van der Waals surface area contributed by atoms with Crippen molar-refractivity contribution in [2.75, 3.05) is 19.6 Å². The summed E-state index contributed by atoms with van der Waals surface area (Å²) in [6, 6.07) is 8.64. The number of halogens is 2. The van der Waals surface area contributed by atoms with Crippen molar-refractivity contribution in [2.24, 2.45) is 0 Å². The second-order valence-corrected chi connectivity index (χ2v) is 8.81. The predicted molar refractivity (Wildman–Crippen MR) is 124 cm³/mol. The molecule has 4 rings (SSSR count). The normalized spacial score (nSPS) is 17.8. The second-order valence-electron chi connectivity index (χ2n) is 8.81. The average molecular weight is 488 g/mol. The van der Waals surface area contributed by atoms with Crippen LogP contribution in [0.2, 0.25) is 0 Å². The number of pyridine rings is 1. The van der Waals surface area contributed by atoms with Crippen LogP contribution in [0.25, 0.3) is 0 Å². The molecule has 9 heteroatoms. The Morgan fingerprint density at radius 3 is 2.65 bits per heavy atom. The van der Waals surface area contributed by atoms with E-state index in [0.29, 0.717) is 42.1 Å². The molecule has 7 nitrogen and oxygen atoms in total. The molecule has 0 bridgehead atoms. The number of carbonyl (C=O) groups is 2. The van der Waals surface area contributed by atoms with Crippen molar-refractivity contribution < 1.29 is 23.8 Å². The molecule has 0 aliphatic carbocycles. The van der Waals surface area contributed by atoms with Gasteiger partial charge >= 0.3 is 5.97 Å². The number of β-amino-alcohol motifs (C(OH)–C–C–N with tert-alkyl or cyclic N) is 1. The van der Waals surface area contributed by atoms with Crippen LogP contribution >= 0.6 is 12.4 Å². The van der Waals surface area contributed by atoms with E-state index in [4.69, 9.17) is 10.00 Å². The average Bonchev–Trinajstić information content (AvgIpc) is 3.17. The SMILES string of the molecule is Cc1nc(CC(=O)C2(F)CCN(C[C@H](O)c3ccc4c(c3C)COC4=O)CC2)ccc1C#N.Cl. The smallest absolute Gasteiger partial charge is 0.338 e. The summed E-state index contributed by atoms with van der Waals surface area (Å²) >= 11 is 0. The number of aliphatic hydroxyl groups excluding tert-OH is 1. The molecule has 34 heavy (non-hydrogen) atoms. The molecule has 0 saturated carbocycles. The summed E-state index contributed by atoms with van der Waals surface area (Å²) in [5, 5.41) is 19.8. The third kappa shape index (κ3) is 4.97. The molecular formula is C25H27ClFN3O4. The number of hydrogen-bond acceptors (Lipinski definition) is 7. The fraction of sp³-hybridized carbons (Fsp3) is 0.440. The lowest BCUT2D eigenvalue weighted by Gasteiger charge is -2.36. The van der Waals surface area contributed by atoms with E-state index in [1.165, 1.54) is 0 Å². The fourth-order valence-electron chi connectivity index (χ4n) is 4.59. The van der Waals surface area contributed by atoms with Crippen LogP contribution in [0.3, 0.4) is 0 Å². The van der Waals surface area contributed by atoms with E-state index in [9.17, 15) is 14.7 Å². The minimum absolute atomic E-state index is 0. The Hall–Kier alpha value is -2.86. The van der Waals surface area contributed by atoms with Gasteiger partial charge in [0.1, 0.15) is 12.7 Å². The quantitative estimate of drug-likeness (QED) is 0.623. The highest BCUT2D eigenvalue weighted by Gasteiger charge is 2.41. The molecule has 1 aromatic heterocycles. The zero-order valence-electron chi connectivity index (χ0n) is 19.1. The number of nitrogens with zero attached hydrogens (tertiary/aromatic N) is 3. The number of fused-ring (bicyclic) bond motifs is 1. The van der Waals surface area contributed by atoms with Crippen molar-refractivity contribution in [1.29, 1.82) is 5.26 Å². The van der Waals surface area contributed by atoms with Crippen LogP contribution in [0.15, 0.2) is 24.3 Å². The van der Waals surface area contributed by atoms with Crippen molar-refractivity contribution in [3.8, 4) is 6.07 Å². The summed E-state index contributed by atoms with van der Waals surface area (Å²) in [5.74, 6) is -0.848. The Morgan fingerprint density at radius 1 is 1.29 bits per heavy atom. The van der Waals surface area contributed by atoms with Crippen molar-refractivity contribution >= 4 is 24.2 Å². The molecule has 1 atom stereocenters. The first-order valence-corrected chi connectivity index (χ1v) is 11.0. The number of esters is 1. The zero-order valence-corrected chi connectivity index (χ0v) is 20.0. The standard InChI is InChI=1S/C25H26FN3O4.ClH/c1-15-19(5-6-20-21(15)14-33-24(20)32)22(30)13-29-9-7-25(26,8-10-29)23(31)11-18-4-3-17(12-27)16(2)28-18;/h3-6,22,30H,7-11,13-14H2,1-2H3;1H/t22-;/m0./s1. The number of aromatic nitrogens is 1. The molecule has 3 heterocycles. The molecule has 0 amide bonds. The molecule has 0 unspecified atom stereocenters. The van der Waals surface area contributed by atoms with Crippen molar-refractivity contribution in [1.82, 2.24) is 9.88 Å². The number of benzene rings is 1. The molecule has 2 aromatic rings. The number of piperidine rings is 1. The molecule has 0 spiro atoms. The number of alkyl halides is 1. The molecular weight excluding hydrogens is 461 g/mol. The number of carbonyl (C=O) groups excluding carboxylic acids is 2. The van der Waals surface area contributed by atoms with Crippen LogP contribution in [0.4, 0.5) is 4.39 Å². The maximum Gasteiger partial charge on any atom is 0.338 e. The van der Waals surface area contributed by atoms with Gasteiger partial charge in [0.15, 0.2) is 11.5 Å². The Bertz CT molecular complexity index is 1160. The maximum absolute atomic E-state index is 15.4. The van der Waals surface area contributed by atoms with E-state index in [1.807, 2.05) is 17.9 Å². The van der Waals surface area contributed by atoms with Gasteiger partial charge in [-0.2, -0.15) is 5.26 Å². The monoisotopic (exact) mass is 487 g/mol. The number of aliphatic hydroxyl groups is 1. The predicted octanol–water partition coefficient (Wildman–Crippen LogP) is 3.31. The van der Waals surface area contributed by atoms with Crippen LogP contribution in [0.1, 0.15) is 62.9 Å². The molecule has 1 aromatic carbocycles. The van der Waals surface area contributed by atoms with E-state index in [1.54, 1.807) is 31.2 Å².